The number of anilines is 2. The molecule has 2 fully saturated rings. The Balaban J connectivity index is 1.50. The molecular weight excluding hydrogens is 430 g/mol. The molecule has 3 aromatic rings. The Bertz CT molecular complexity index is 1160. The third-order valence-electron chi connectivity index (χ3n) is 6.66. The summed E-state index contributed by atoms with van der Waals surface area (Å²) in [6, 6.07) is 14.1. The minimum atomic E-state index is -0.163. The number of amides is 2. The van der Waals surface area contributed by atoms with Crippen LogP contribution in [0.3, 0.4) is 0 Å². The summed E-state index contributed by atoms with van der Waals surface area (Å²) in [6.07, 6.45) is 5.67. The lowest BCUT2D eigenvalue weighted by Gasteiger charge is -2.31. The van der Waals surface area contributed by atoms with E-state index in [2.05, 4.69) is 31.8 Å². The first-order valence-corrected chi connectivity index (χ1v) is 12.1. The molecule has 0 unspecified atom stereocenters. The van der Waals surface area contributed by atoms with E-state index in [4.69, 9.17) is 9.47 Å². The molecule has 34 heavy (non-hydrogen) atoms. The van der Waals surface area contributed by atoms with E-state index in [0.29, 0.717) is 19.1 Å². The van der Waals surface area contributed by atoms with Gasteiger partial charge in [-0.3, -0.25) is 0 Å². The number of rotatable bonds is 5. The lowest BCUT2D eigenvalue weighted by molar-refractivity contribution is 0.123. The van der Waals surface area contributed by atoms with Crippen LogP contribution >= 0.6 is 0 Å². The summed E-state index contributed by atoms with van der Waals surface area (Å²) in [5.74, 6) is 0.495. The van der Waals surface area contributed by atoms with E-state index in [1.807, 2.05) is 36.4 Å². The van der Waals surface area contributed by atoms with Crippen molar-refractivity contribution in [3.63, 3.8) is 0 Å². The summed E-state index contributed by atoms with van der Waals surface area (Å²) in [5, 5.41) is 16.9. The summed E-state index contributed by atoms with van der Waals surface area (Å²) in [4.78, 5) is 15.2. The van der Waals surface area contributed by atoms with Gasteiger partial charge in [0.1, 0.15) is 5.69 Å². The topological polar surface area (TPSA) is 88.6 Å². The van der Waals surface area contributed by atoms with Crippen LogP contribution < -0.4 is 20.3 Å². The zero-order chi connectivity index (χ0) is 23.3. The van der Waals surface area contributed by atoms with Gasteiger partial charge in [-0.1, -0.05) is 43.5 Å². The molecule has 2 N–H and O–H groups in total. The van der Waals surface area contributed by atoms with Crippen LogP contribution in [0, 0.1) is 0 Å². The van der Waals surface area contributed by atoms with Gasteiger partial charge in [-0.25, -0.2) is 4.79 Å². The number of nitrogens with zero attached hydrogens (tertiary/aromatic N) is 3. The highest BCUT2D eigenvalue weighted by Gasteiger charge is 2.21. The van der Waals surface area contributed by atoms with Gasteiger partial charge in [-0.15, -0.1) is 10.2 Å². The van der Waals surface area contributed by atoms with Crippen molar-refractivity contribution in [2.24, 2.45) is 0 Å². The average Bonchev–Trinajstić information content (AvgIpc) is 2.89. The number of ether oxygens (including phenoxy) is 2. The van der Waals surface area contributed by atoms with E-state index in [1.54, 1.807) is 7.11 Å². The molecule has 2 amide bonds. The van der Waals surface area contributed by atoms with Gasteiger partial charge in [0.05, 0.1) is 31.7 Å². The molecule has 0 spiro atoms. The molecule has 5 rings (SSSR count). The number of aromatic nitrogens is 2. The maximum absolute atomic E-state index is 12.9. The second kappa shape index (κ2) is 10.3. The van der Waals surface area contributed by atoms with Gasteiger partial charge in [-0.05, 0) is 31.0 Å². The number of urea groups is 1. The molecule has 178 valence electrons. The summed E-state index contributed by atoms with van der Waals surface area (Å²) < 4.78 is 10.9. The second-order valence-electron chi connectivity index (χ2n) is 8.87. The summed E-state index contributed by atoms with van der Waals surface area (Å²) >= 11 is 0. The molecule has 0 atom stereocenters. The van der Waals surface area contributed by atoms with E-state index in [9.17, 15) is 4.79 Å². The Morgan fingerprint density at radius 3 is 2.56 bits per heavy atom. The highest BCUT2D eigenvalue weighted by molar-refractivity contribution is 5.99. The number of morpholine rings is 1. The van der Waals surface area contributed by atoms with Crippen LogP contribution in [0.5, 0.6) is 5.88 Å². The second-order valence-corrected chi connectivity index (χ2v) is 8.87. The lowest BCUT2D eigenvalue weighted by Crippen LogP contribution is -2.40. The molecule has 1 aliphatic carbocycles. The summed E-state index contributed by atoms with van der Waals surface area (Å²) in [5.41, 5.74) is 3.38. The van der Waals surface area contributed by atoms with Gasteiger partial charge >= 0.3 is 6.03 Å². The molecule has 0 radical (unpaired) electrons. The fourth-order valence-corrected chi connectivity index (χ4v) is 4.90. The number of carbonyl (C=O) groups is 1. The first-order valence-electron chi connectivity index (χ1n) is 12.1. The van der Waals surface area contributed by atoms with Crippen LogP contribution in [-0.2, 0) is 4.74 Å². The Labute approximate surface area is 199 Å². The lowest BCUT2D eigenvalue weighted by atomic mass is 9.96. The zero-order valence-corrected chi connectivity index (χ0v) is 19.5. The van der Waals surface area contributed by atoms with Gasteiger partial charge in [0.15, 0.2) is 0 Å². The normalized spacial score (nSPS) is 16.9. The van der Waals surface area contributed by atoms with Crippen molar-refractivity contribution in [2.75, 3.05) is 43.6 Å². The average molecular weight is 462 g/mol. The van der Waals surface area contributed by atoms with Crippen LogP contribution in [0.25, 0.3) is 22.0 Å². The van der Waals surface area contributed by atoms with Crippen molar-refractivity contribution < 1.29 is 14.3 Å². The number of hydrogen-bond acceptors (Lipinski definition) is 6. The number of nitrogens with one attached hydrogen (secondary N) is 2. The summed E-state index contributed by atoms with van der Waals surface area (Å²) in [6.45, 7) is 2.90. The van der Waals surface area contributed by atoms with Crippen molar-refractivity contribution in [1.29, 1.82) is 0 Å². The maximum atomic E-state index is 12.9. The molecule has 2 aliphatic rings. The molecule has 8 heteroatoms. The highest BCUT2D eigenvalue weighted by Crippen LogP contribution is 2.35. The molecule has 1 aliphatic heterocycles. The number of carbonyl (C=O) groups excluding carboxylic acids is 1. The number of benzene rings is 2. The maximum Gasteiger partial charge on any atom is 0.319 e. The predicted molar refractivity (Wildman–Crippen MR) is 134 cm³/mol. The molecule has 2 heterocycles. The molecule has 0 bridgehead atoms. The first kappa shape index (κ1) is 22.4. The fraction of sp³-hybridized carbons (Fsp3) is 0.423. The number of hydrogen-bond donors (Lipinski definition) is 2. The van der Waals surface area contributed by atoms with Crippen molar-refractivity contribution in [3.8, 4) is 17.1 Å². The molecule has 1 saturated carbocycles. The Morgan fingerprint density at radius 2 is 1.79 bits per heavy atom. The zero-order valence-electron chi connectivity index (χ0n) is 19.5. The fourth-order valence-electron chi connectivity index (χ4n) is 4.90. The number of fused-ring (bicyclic) bond motifs is 1. The monoisotopic (exact) mass is 461 g/mol. The van der Waals surface area contributed by atoms with E-state index in [1.165, 1.54) is 19.3 Å². The van der Waals surface area contributed by atoms with Crippen molar-refractivity contribution >= 4 is 28.2 Å². The SMILES string of the molecule is COc1nnc(-c2ccc(N3CCOCC3)c(NC(=O)NC3CCCCC3)c2)c2ccccc12. The number of methoxy groups -OCH3 is 1. The van der Waals surface area contributed by atoms with Crippen LogP contribution in [-0.4, -0.2) is 55.7 Å². The standard InChI is InChI=1S/C26H31N5O3/c1-33-25-21-10-6-5-9-20(21)24(29-30-25)18-11-12-23(31-13-15-34-16-14-31)22(17-18)28-26(32)27-19-7-3-2-4-8-19/h5-6,9-12,17,19H,2-4,7-8,13-16H2,1H3,(H2,27,28,32). The van der Waals surface area contributed by atoms with E-state index in [-0.39, 0.29) is 12.1 Å². The minimum absolute atomic E-state index is 0.163. The van der Waals surface area contributed by atoms with Crippen LogP contribution in [0.1, 0.15) is 32.1 Å². The quantitative estimate of drug-likeness (QED) is 0.578. The van der Waals surface area contributed by atoms with Crippen molar-refractivity contribution in [2.45, 2.75) is 38.1 Å². The van der Waals surface area contributed by atoms with Crippen LogP contribution in [0.2, 0.25) is 0 Å². The van der Waals surface area contributed by atoms with Crippen LogP contribution in [0.15, 0.2) is 42.5 Å². The third-order valence-corrected chi connectivity index (χ3v) is 6.66. The largest absolute Gasteiger partial charge is 0.479 e. The van der Waals surface area contributed by atoms with E-state index < -0.39 is 0 Å². The molecule has 1 aromatic heterocycles. The van der Waals surface area contributed by atoms with Crippen molar-refractivity contribution in [1.82, 2.24) is 15.5 Å². The highest BCUT2D eigenvalue weighted by atomic mass is 16.5. The molecule has 8 nitrogen and oxygen atoms in total. The Morgan fingerprint density at radius 1 is 1.03 bits per heavy atom. The predicted octanol–water partition coefficient (Wildman–Crippen LogP) is 4.60. The molecular formula is C26H31N5O3. The minimum Gasteiger partial charge on any atom is -0.479 e. The van der Waals surface area contributed by atoms with Crippen LogP contribution in [0.4, 0.5) is 16.2 Å². The van der Waals surface area contributed by atoms with E-state index in [0.717, 1.165) is 59.3 Å². The first-order chi connectivity index (χ1) is 16.7. The molecule has 2 aromatic carbocycles. The van der Waals surface area contributed by atoms with Gasteiger partial charge < -0.3 is 25.0 Å². The van der Waals surface area contributed by atoms with Gasteiger partial charge in [-0.2, -0.15) is 0 Å². The Hall–Kier alpha value is -3.39. The van der Waals surface area contributed by atoms with Gasteiger partial charge in [0, 0.05) is 35.5 Å². The van der Waals surface area contributed by atoms with Gasteiger partial charge in [0.25, 0.3) is 0 Å². The van der Waals surface area contributed by atoms with Crippen molar-refractivity contribution in [3.05, 3.63) is 42.5 Å². The van der Waals surface area contributed by atoms with Gasteiger partial charge in [0.2, 0.25) is 5.88 Å². The van der Waals surface area contributed by atoms with E-state index >= 15 is 0 Å². The smallest absolute Gasteiger partial charge is 0.319 e. The molecule has 1 saturated heterocycles. The summed E-state index contributed by atoms with van der Waals surface area (Å²) in [7, 11) is 1.60. The Kier molecular flexibility index (Phi) is 6.76. The third kappa shape index (κ3) is 4.77.